The summed E-state index contributed by atoms with van der Waals surface area (Å²) in [5.41, 5.74) is -0.117. The van der Waals surface area contributed by atoms with Crippen LogP contribution in [0.2, 0.25) is 0 Å². The van der Waals surface area contributed by atoms with Gasteiger partial charge in [0.25, 0.3) is 0 Å². The molecule has 2 nitrogen and oxygen atoms in total. The third-order valence-electron chi connectivity index (χ3n) is 4.66. The van der Waals surface area contributed by atoms with Crippen LogP contribution >= 0.6 is 0 Å². The molecule has 0 aromatic carbocycles. The number of rotatable bonds is 0. The normalized spacial score (nSPS) is 61.0. The largest absolute Gasteiger partial charge is 0.462 e. The molecule has 2 aliphatic carbocycles. The van der Waals surface area contributed by atoms with Crippen LogP contribution in [0.5, 0.6) is 0 Å². The van der Waals surface area contributed by atoms with Crippen LogP contribution in [0.25, 0.3) is 0 Å². The number of hydrogen-bond donors (Lipinski definition) is 0. The van der Waals surface area contributed by atoms with Crippen molar-refractivity contribution in [3.8, 4) is 0 Å². The Hall–Kier alpha value is -0.530. The molecule has 1 heterocycles. The second-order valence-corrected chi connectivity index (χ2v) is 4.85. The van der Waals surface area contributed by atoms with E-state index in [9.17, 15) is 4.79 Å². The van der Waals surface area contributed by atoms with Crippen LogP contribution in [0.15, 0.2) is 0 Å². The number of carbonyl (C=O) groups is 1. The predicted octanol–water partition coefficient (Wildman–Crippen LogP) is 1.59. The van der Waals surface area contributed by atoms with E-state index in [0.717, 1.165) is 12.3 Å². The van der Waals surface area contributed by atoms with Crippen molar-refractivity contribution in [2.45, 2.75) is 32.8 Å². The highest BCUT2D eigenvalue weighted by Crippen LogP contribution is 2.64. The third kappa shape index (κ3) is 0.484. The Kier molecular flexibility index (Phi) is 0.984. The van der Waals surface area contributed by atoms with Gasteiger partial charge in [0.1, 0.15) is 6.10 Å². The van der Waals surface area contributed by atoms with E-state index >= 15 is 0 Å². The zero-order valence-electron chi connectivity index (χ0n) is 7.54. The van der Waals surface area contributed by atoms with Gasteiger partial charge in [-0.15, -0.1) is 0 Å². The maximum atomic E-state index is 11.6. The van der Waals surface area contributed by atoms with E-state index < -0.39 is 0 Å². The summed E-state index contributed by atoms with van der Waals surface area (Å²) in [6.45, 7) is 4.32. The Bertz CT molecular complexity index is 261. The van der Waals surface area contributed by atoms with E-state index in [1.807, 2.05) is 0 Å². The fourth-order valence-corrected chi connectivity index (χ4v) is 3.64. The highest BCUT2D eigenvalue weighted by atomic mass is 16.6. The van der Waals surface area contributed by atoms with Crippen molar-refractivity contribution in [1.29, 1.82) is 0 Å². The molecule has 0 aromatic rings. The van der Waals surface area contributed by atoms with Gasteiger partial charge in [-0.2, -0.15) is 0 Å². The quantitative estimate of drug-likeness (QED) is 0.511. The Morgan fingerprint density at radius 1 is 1.50 bits per heavy atom. The van der Waals surface area contributed by atoms with Crippen LogP contribution in [-0.2, 0) is 9.53 Å². The van der Waals surface area contributed by atoms with Crippen LogP contribution in [-0.4, -0.2) is 12.1 Å². The topological polar surface area (TPSA) is 26.3 Å². The van der Waals surface area contributed by atoms with Crippen molar-refractivity contribution in [2.24, 2.45) is 23.2 Å². The molecule has 66 valence electrons. The minimum Gasteiger partial charge on any atom is -0.462 e. The zero-order valence-corrected chi connectivity index (χ0v) is 7.54. The number of ether oxygens (including phenoxy) is 1. The van der Waals surface area contributed by atoms with Gasteiger partial charge in [-0.25, -0.2) is 0 Å². The molecule has 0 radical (unpaired) electrons. The standard InChI is InChI=1S/C10H14O2/c1-5-6-3-7-8(4-6)12-9(11)10(5,7)2/h5-8H,3-4H2,1-2H3/t5-,6-,7+,8-,10-/m1/s1. The van der Waals surface area contributed by atoms with Crippen molar-refractivity contribution < 1.29 is 9.53 Å². The third-order valence-corrected chi connectivity index (χ3v) is 4.66. The van der Waals surface area contributed by atoms with Gasteiger partial charge in [0.15, 0.2) is 0 Å². The van der Waals surface area contributed by atoms with Crippen molar-refractivity contribution in [2.75, 3.05) is 0 Å². The Morgan fingerprint density at radius 3 is 2.83 bits per heavy atom. The Labute approximate surface area is 72.3 Å². The second-order valence-electron chi connectivity index (χ2n) is 4.85. The first-order valence-electron chi connectivity index (χ1n) is 4.85. The van der Waals surface area contributed by atoms with E-state index in [1.165, 1.54) is 6.42 Å². The van der Waals surface area contributed by atoms with Gasteiger partial charge in [0.05, 0.1) is 5.41 Å². The van der Waals surface area contributed by atoms with Gasteiger partial charge in [0, 0.05) is 5.92 Å². The summed E-state index contributed by atoms with van der Waals surface area (Å²) < 4.78 is 5.37. The molecular formula is C10H14O2. The molecule has 1 aliphatic heterocycles. The average Bonchev–Trinajstić information content (AvgIpc) is 2.56. The summed E-state index contributed by atoms with van der Waals surface area (Å²) in [5.74, 6) is 1.93. The summed E-state index contributed by atoms with van der Waals surface area (Å²) in [4.78, 5) is 11.6. The first-order chi connectivity index (χ1) is 5.64. The molecule has 3 fully saturated rings. The van der Waals surface area contributed by atoms with E-state index in [0.29, 0.717) is 11.8 Å². The van der Waals surface area contributed by atoms with Gasteiger partial charge in [-0.05, 0) is 31.6 Å². The van der Waals surface area contributed by atoms with Gasteiger partial charge < -0.3 is 4.74 Å². The number of hydrogen-bond acceptors (Lipinski definition) is 2. The highest BCUT2D eigenvalue weighted by molar-refractivity contribution is 5.81. The number of fused-ring (bicyclic) bond motifs is 1. The summed E-state index contributed by atoms with van der Waals surface area (Å²) >= 11 is 0. The lowest BCUT2D eigenvalue weighted by Gasteiger charge is -2.29. The highest BCUT2D eigenvalue weighted by Gasteiger charge is 2.67. The summed E-state index contributed by atoms with van der Waals surface area (Å²) in [7, 11) is 0. The average molecular weight is 166 g/mol. The van der Waals surface area contributed by atoms with Gasteiger partial charge in [-0.3, -0.25) is 4.79 Å². The van der Waals surface area contributed by atoms with Crippen LogP contribution in [0, 0.1) is 23.2 Å². The molecule has 12 heavy (non-hydrogen) atoms. The predicted molar refractivity (Wildman–Crippen MR) is 43.4 cm³/mol. The van der Waals surface area contributed by atoms with E-state index in [1.54, 1.807) is 0 Å². The SMILES string of the molecule is C[C@@H]1[C@H]2C[C@H]3OC(=O)[C@@]1(C)[C@H]3C2. The lowest BCUT2D eigenvalue weighted by Crippen LogP contribution is -2.35. The molecule has 2 saturated carbocycles. The maximum absolute atomic E-state index is 11.6. The fourth-order valence-electron chi connectivity index (χ4n) is 3.64. The van der Waals surface area contributed by atoms with Gasteiger partial charge in [-0.1, -0.05) is 6.92 Å². The monoisotopic (exact) mass is 166 g/mol. The fraction of sp³-hybridized carbons (Fsp3) is 0.900. The lowest BCUT2D eigenvalue weighted by atomic mass is 9.69. The molecule has 0 unspecified atom stereocenters. The first kappa shape index (κ1) is 6.93. The Morgan fingerprint density at radius 2 is 2.25 bits per heavy atom. The second kappa shape index (κ2) is 1.70. The molecule has 0 spiro atoms. The van der Waals surface area contributed by atoms with Crippen molar-refractivity contribution in [3.05, 3.63) is 0 Å². The molecule has 3 rings (SSSR count). The lowest BCUT2D eigenvalue weighted by molar-refractivity contribution is -0.148. The molecule has 0 amide bonds. The summed E-state index contributed by atoms with van der Waals surface area (Å²) in [5, 5.41) is 0. The van der Waals surface area contributed by atoms with Crippen LogP contribution in [0.4, 0.5) is 0 Å². The molecule has 3 aliphatic rings. The number of esters is 1. The molecule has 0 aromatic heterocycles. The summed E-state index contributed by atoms with van der Waals surface area (Å²) in [6, 6.07) is 0. The van der Waals surface area contributed by atoms with E-state index in [4.69, 9.17) is 4.74 Å². The minimum atomic E-state index is -0.117. The minimum absolute atomic E-state index is 0.0741. The first-order valence-corrected chi connectivity index (χ1v) is 4.85. The van der Waals surface area contributed by atoms with Gasteiger partial charge >= 0.3 is 5.97 Å². The van der Waals surface area contributed by atoms with E-state index in [-0.39, 0.29) is 17.5 Å². The molecule has 5 atom stereocenters. The molecule has 0 N–H and O–H groups in total. The molecular weight excluding hydrogens is 152 g/mol. The van der Waals surface area contributed by atoms with Crippen LogP contribution in [0.1, 0.15) is 26.7 Å². The Balaban J connectivity index is 2.14. The smallest absolute Gasteiger partial charge is 0.312 e. The van der Waals surface area contributed by atoms with Gasteiger partial charge in [0.2, 0.25) is 0 Å². The molecule has 1 saturated heterocycles. The van der Waals surface area contributed by atoms with Crippen LogP contribution in [0.3, 0.4) is 0 Å². The zero-order chi connectivity index (χ0) is 8.51. The van der Waals surface area contributed by atoms with Crippen molar-refractivity contribution in [1.82, 2.24) is 0 Å². The van der Waals surface area contributed by atoms with Crippen molar-refractivity contribution in [3.63, 3.8) is 0 Å². The summed E-state index contributed by atoms with van der Waals surface area (Å²) in [6.07, 6.45) is 2.64. The molecule has 2 bridgehead atoms. The maximum Gasteiger partial charge on any atom is 0.312 e. The van der Waals surface area contributed by atoms with Crippen LogP contribution < -0.4 is 0 Å². The molecule has 2 heteroatoms. The van der Waals surface area contributed by atoms with E-state index in [2.05, 4.69) is 13.8 Å². The van der Waals surface area contributed by atoms with Crippen molar-refractivity contribution >= 4 is 5.97 Å². The number of carbonyl (C=O) groups excluding carboxylic acids is 1.